The van der Waals surface area contributed by atoms with Gasteiger partial charge in [-0.1, -0.05) is 0 Å². The summed E-state index contributed by atoms with van der Waals surface area (Å²) < 4.78 is 0. The lowest BCUT2D eigenvalue weighted by atomic mass is 9.92. The third-order valence-electron chi connectivity index (χ3n) is 2.36. The lowest BCUT2D eigenvalue weighted by Crippen LogP contribution is -2.54. The van der Waals surface area contributed by atoms with E-state index in [9.17, 15) is 4.79 Å². The van der Waals surface area contributed by atoms with Crippen LogP contribution < -0.4 is 0 Å². The van der Waals surface area contributed by atoms with Gasteiger partial charge in [-0.2, -0.15) is 0 Å². The first kappa shape index (κ1) is 5.27. The molecule has 9 heavy (non-hydrogen) atoms. The SMILES string of the molecule is O=C1C[C@H]2CCCCN12. The molecule has 0 aromatic carbocycles. The molecule has 1 amide bonds. The summed E-state index contributed by atoms with van der Waals surface area (Å²) in [6.45, 7) is 1.03. The van der Waals surface area contributed by atoms with Crippen LogP contribution in [0.4, 0.5) is 0 Å². The van der Waals surface area contributed by atoms with Crippen molar-refractivity contribution < 1.29 is 4.79 Å². The highest BCUT2D eigenvalue weighted by molar-refractivity contribution is 5.83. The molecule has 2 aliphatic rings. The van der Waals surface area contributed by atoms with Crippen LogP contribution in [0.1, 0.15) is 25.7 Å². The maximum atomic E-state index is 10.8. The first-order valence-corrected chi connectivity index (χ1v) is 3.67. The molecule has 1 atom stereocenters. The van der Waals surface area contributed by atoms with Crippen molar-refractivity contribution in [1.29, 1.82) is 0 Å². The molecule has 0 N–H and O–H groups in total. The molecule has 2 rings (SSSR count). The largest absolute Gasteiger partial charge is 0.339 e. The zero-order valence-corrected chi connectivity index (χ0v) is 5.47. The fourth-order valence-electron chi connectivity index (χ4n) is 1.75. The Morgan fingerprint density at radius 2 is 2.33 bits per heavy atom. The van der Waals surface area contributed by atoms with Crippen LogP contribution in [0.3, 0.4) is 0 Å². The Hall–Kier alpha value is -0.530. The Kier molecular flexibility index (Phi) is 1.01. The normalized spacial score (nSPS) is 33.6. The van der Waals surface area contributed by atoms with Crippen LogP contribution in [0, 0.1) is 0 Å². The van der Waals surface area contributed by atoms with E-state index in [1.807, 2.05) is 4.90 Å². The van der Waals surface area contributed by atoms with Gasteiger partial charge in [-0.05, 0) is 19.3 Å². The van der Waals surface area contributed by atoms with Gasteiger partial charge in [-0.3, -0.25) is 4.79 Å². The molecule has 0 aliphatic carbocycles. The van der Waals surface area contributed by atoms with E-state index in [0.29, 0.717) is 11.9 Å². The molecule has 0 radical (unpaired) electrons. The molecule has 2 aliphatic heterocycles. The molecule has 2 nitrogen and oxygen atoms in total. The standard InChI is InChI=1S/C7H11NO/c9-7-5-6-3-1-2-4-8(6)7/h6H,1-5H2/t6-/m1/s1. The molecular weight excluding hydrogens is 114 g/mol. The molecule has 0 saturated carbocycles. The number of rotatable bonds is 0. The summed E-state index contributed by atoms with van der Waals surface area (Å²) in [6, 6.07) is 0.645. The number of hydrogen-bond donors (Lipinski definition) is 0. The number of β-lactam (4-membered cyclic amide) rings is 1. The molecule has 2 heterocycles. The predicted octanol–water partition coefficient (Wildman–Crippen LogP) is 0.771. The summed E-state index contributed by atoms with van der Waals surface area (Å²) in [4.78, 5) is 12.8. The van der Waals surface area contributed by atoms with Crippen LogP contribution in [-0.2, 0) is 4.79 Å². The third-order valence-corrected chi connectivity index (χ3v) is 2.36. The predicted molar refractivity (Wildman–Crippen MR) is 34.0 cm³/mol. The van der Waals surface area contributed by atoms with Gasteiger partial charge in [0.15, 0.2) is 0 Å². The fourth-order valence-corrected chi connectivity index (χ4v) is 1.75. The highest BCUT2D eigenvalue weighted by atomic mass is 16.2. The monoisotopic (exact) mass is 125 g/mol. The molecule has 2 saturated heterocycles. The molecular formula is C7H11NO. The van der Waals surface area contributed by atoms with Gasteiger partial charge in [-0.25, -0.2) is 0 Å². The number of amides is 1. The van der Waals surface area contributed by atoms with Crippen LogP contribution in [0.25, 0.3) is 0 Å². The van der Waals surface area contributed by atoms with Crippen LogP contribution >= 0.6 is 0 Å². The molecule has 0 spiro atoms. The first-order valence-electron chi connectivity index (χ1n) is 3.67. The maximum Gasteiger partial charge on any atom is 0.224 e. The zero-order valence-electron chi connectivity index (χ0n) is 5.47. The van der Waals surface area contributed by atoms with Crippen molar-refractivity contribution in [2.75, 3.05) is 6.54 Å². The zero-order chi connectivity index (χ0) is 6.27. The number of fused-ring (bicyclic) bond motifs is 1. The van der Waals surface area contributed by atoms with E-state index in [-0.39, 0.29) is 0 Å². The first-order chi connectivity index (χ1) is 4.38. The summed E-state index contributed by atoms with van der Waals surface area (Å²) in [5, 5.41) is 0. The molecule has 2 fully saturated rings. The van der Waals surface area contributed by atoms with E-state index < -0.39 is 0 Å². The van der Waals surface area contributed by atoms with E-state index in [1.54, 1.807) is 0 Å². The molecule has 2 heteroatoms. The number of carbonyl (C=O) groups is 1. The second kappa shape index (κ2) is 1.72. The van der Waals surface area contributed by atoms with Gasteiger partial charge in [0, 0.05) is 19.0 Å². The minimum atomic E-state index is 0.375. The summed E-state index contributed by atoms with van der Waals surface area (Å²) in [6.07, 6.45) is 4.64. The summed E-state index contributed by atoms with van der Waals surface area (Å²) in [7, 11) is 0. The van der Waals surface area contributed by atoms with Gasteiger partial charge in [0.05, 0.1) is 0 Å². The van der Waals surface area contributed by atoms with E-state index in [0.717, 1.165) is 13.0 Å². The van der Waals surface area contributed by atoms with Crippen LogP contribution in [0.15, 0.2) is 0 Å². The lowest BCUT2D eigenvalue weighted by molar-refractivity contribution is -0.148. The van der Waals surface area contributed by atoms with Gasteiger partial charge in [0.1, 0.15) is 0 Å². The van der Waals surface area contributed by atoms with Crippen molar-refractivity contribution in [1.82, 2.24) is 4.90 Å². The number of carbonyl (C=O) groups excluding carboxylic acids is 1. The Bertz CT molecular complexity index is 144. The van der Waals surface area contributed by atoms with Gasteiger partial charge in [0.25, 0.3) is 0 Å². The van der Waals surface area contributed by atoms with E-state index in [4.69, 9.17) is 0 Å². The third kappa shape index (κ3) is 0.655. The average Bonchev–Trinajstić information content (AvgIpc) is 1.86. The Balaban J connectivity index is 2.01. The Labute approximate surface area is 54.8 Å². The van der Waals surface area contributed by atoms with E-state index >= 15 is 0 Å². The molecule has 0 aromatic rings. The van der Waals surface area contributed by atoms with E-state index in [2.05, 4.69) is 0 Å². The van der Waals surface area contributed by atoms with Crippen molar-refractivity contribution in [3.05, 3.63) is 0 Å². The van der Waals surface area contributed by atoms with Gasteiger partial charge in [-0.15, -0.1) is 0 Å². The highest BCUT2D eigenvalue weighted by Gasteiger charge is 2.36. The summed E-state index contributed by atoms with van der Waals surface area (Å²) >= 11 is 0. The van der Waals surface area contributed by atoms with Crippen molar-refractivity contribution in [2.24, 2.45) is 0 Å². The lowest BCUT2D eigenvalue weighted by Gasteiger charge is -2.43. The second-order valence-corrected chi connectivity index (χ2v) is 2.94. The Morgan fingerprint density at radius 1 is 1.44 bits per heavy atom. The summed E-state index contributed by atoms with van der Waals surface area (Å²) in [5.41, 5.74) is 0. The molecule has 50 valence electrons. The fraction of sp³-hybridized carbons (Fsp3) is 0.857. The topological polar surface area (TPSA) is 20.3 Å². The quantitative estimate of drug-likeness (QED) is 0.438. The van der Waals surface area contributed by atoms with Crippen molar-refractivity contribution in [3.8, 4) is 0 Å². The van der Waals surface area contributed by atoms with Crippen LogP contribution in [-0.4, -0.2) is 23.4 Å². The van der Waals surface area contributed by atoms with Crippen molar-refractivity contribution in [3.63, 3.8) is 0 Å². The molecule has 0 bridgehead atoms. The van der Waals surface area contributed by atoms with Gasteiger partial charge in [0.2, 0.25) is 5.91 Å². The minimum absolute atomic E-state index is 0.375. The number of piperidine rings is 1. The summed E-state index contributed by atoms with van der Waals surface area (Å²) in [5.74, 6) is 0.375. The minimum Gasteiger partial charge on any atom is -0.339 e. The van der Waals surface area contributed by atoms with E-state index in [1.165, 1.54) is 19.3 Å². The second-order valence-electron chi connectivity index (χ2n) is 2.94. The number of hydrogen-bond acceptors (Lipinski definition) is 1. The Morgan fingerprint density at radius 3 is 2.89 bits per heavy atom. The maximum absolute atomic E-state index is 10.8. The van der Waals surface area contributed by atoms with Crippen LogP contribution in [0.5, 0.6) is 0 Å². The number of nitrogens with zero attached hydrogens (tertiary/aromatic N) is 1. The molecule has 0 aromatic heterocycles. The van der Waals surface area contributed by atoms with Crippen LogP contribution in [0.2, 0.25) is 0 Å². The van der Waals surface area contributed by atoms with Crippen molar-refractivity contribution >= 4 is 5.91 Å². The van der Waals surface area contributed by atoms with Gasteiger partial charge < -0.3 is 4.90 Å². The van der Waals surface area contributed by atoms with Gasteiger partial charge >= 0.3 is 0 Å². The smallest absolute Gasteiger partial charge is 0.224 e. The van der Waals surface area contributed by atoms with Crippen molar-refractivity contribution in [2.45, 2.75) is 31.7 Å². The molecule has 0 unspecified atom stereocenters. The highest BCUT2D eigenvalue weighted by Crippen LogP contribution is 2.28. The average molecular weight is 125 g/mol.